The molecule has 1 aromatic carbocycles. The van der Waals surface area contributed by atoms with Crippen LogP contribution in [0.5, 0.6) is 5.75 Å². The molecule has 2 unspecified atom stereocenters. The van der Waals surface area contributed by atoms with E-state index in [0.29, 0.717) is 30.6 Å². The molecule has 10 heteroatoms. The van der Waals surface area contributed by atoms with Crippen LogP contribution in [0.15, 0.2) is 22.7 Å². The van der Waals surface area contributed by atoms with Crippen LogP contribution in [0.3, 0.4) is 0 Å². The van der Waals surface area contributed by atoms with Gasteiger partial charge in [0.25, 0.3) is 17.7 Å². The fraction of sp³-hybridized carbons (Fsp3) is 0.640. The molecule has 2 aliphatic rings. The number of ether oxygens (including phenoxy) is 2. The van der Waals surface area contributed by atoms with Gasteiger partial charge in [-0.1, -0.05) is 0 Å². The standard InChI is InChI=1S/C25H35FN4O5/c1-16-13-18(6-7-19(16)22(32)27-20-14-33-15-21(20)31)34-12-4-5-17-8-10-30(11-9-17)24-28-23(35-29-24)25(2,3)26/h6-7,13,17,20-21,31H,4-5,8-12,14-15H2,1-3H3,(H,27,32). The van der Waals surface area contributed by atoms with Crippen molar-refractivity contribution in [2.45, 2.75) is 64.3 Å². The second-order valence-corrected chi connectivity index (χ2v) is 9.95. The molecule has 4 rings (SSSR count). The predicted octanol–water partition coefficient (Wildman–Crippen LogP) is 3.15. The SMILES string of the molecule is Cc1cc(OCCCC2CCN(c3noc(C(C)(C)F)n3)CC2)ccc1C(=O)NC1COCC1O. The number of nitrogens with one attached hydrogen (secondary N) is 1. The Morgan fingerprint density at radius 3 is 2.71 bits per heavy atom. The Labute approximate surface area is 205 Å². The van der Waals surface area contributed by atoms with Gasteiger partial charge >= 0.3 is 0 Å². The zero-order valence-electron chi connectivity index (χ0n) is 20.6. The molecule has 0 radical (unpaired) electrons. The summed E-state index contributed by atoms with van der Waals surface area (Å²) in [5, 5.41) is 16.6. The number of piperidine rings is 1. The minimum Gasteiger partial charge on any atom is -0.494 e. The van der Waals surface area contributed by atoms with Crippen LogP contribution in [0.4, 0.5) is 10.3 Å². The normalized spacial score (nSPS) is 21.3. The van der Waals surface area contributed by atoms with Gasteiger partial charge in [-0.2, -0.15) is 4.98 Å². The maximum absolute atomic E-state index is 14.0. The summed E-state index contributed by atoms with van der Waals surface area (Å²) in [5.74, 6) is 1.59. The van der Waals surface area contributed by atoms with E-state index in [4.69, 9.17) is 14.0 Å². The number of anilines is 1. The number of hydrogen-bond donors (Lipinski definition) is 2. The number of aryl methyl sites for hydroxylation is 1. The molecule has 1 amide bonds. The molecule has 0 bridgehead atoms. The van der Waals surface area contributed by atoms with Crippen molar-refractivity contribution in [3.63, 3.8) is 0 Å². The fourth-order valence-corrected chi connectivity index (χ4v) is 4.48. The van der Waals surface area contributed by atoms with E-state index in [2.05, 4.69) is 15.5 Å². The molecule has 2 N–H and O–H groups in total. The molecule has 35 heavy (non-hydrogen) atoms. The Bertz CT molecular complexity index is 1000. The topological polar surface area (TPSA) is 110 Å². The Hall–Kier alpha value is -2.72. The van der Waals surface area contributed by atoms with Gasteiger partial charge < -0.3 is 29.3 Å². The Kier molecular flexibility index (Phi) is 7.91. The Balaban J connectivity index is 1.17. The maximum atomic E-state index is 14.0. The maximum Gasteiger partial charge on any atom is 0.266 e. The van der Waals surface area contributed by atoms with Crippen LogP contribution in [0.25, 0.3) is 0 Å². The van der Waals surface area contributed by atoms with Crippen LogP contribution in [-0.4, -0.2) is 66.2 Å². The molecular formula is C25H35FN4O5. The summed E-state index contributed by atoms with van der Waals surface area (Å²) in [5.41, 5.74) is -0.253. The van der Waals surface area contributed by atoms with Gasteiger partial charge in [0.05, 0.1) is 32.0 Å². The van der Waals surface area contributed by atoms with E-state index in [9.17, 15) is 14.3 Å². The third-order valence-corrected chi connectivity index (χ3v) is 6.66. The van der Waals surface area contributed by atoms with Crippen molar-refractivity contribution in [2.75, 3.05) is 37.8 Å². The molecular weight excluding hydrogens is 455 g/mol. The van der Waals surface area contributed by atoms with Crippen molar-refractivity contribution in [2.24, 2.45) is 5.92 Å². The van der Waals surface area contributed by atoms with Gasteiger partial charge in [-0.3, -0.25) is 4.79 Å². The van der Waals surface area contributed by atoms with E-state index in [1.54, 1.807) is 12.1 Å². The van der Waals surface area contributed by atoms with Gasteiger partial charge in [0.15, 0.2) is 5.67 Å². The summed E-state index contributed by atoms with van der Waals surface area (Å²) in [6.45, 7) is 7.51. The number of amides is 1. The summed E-state index contributed by atoms with van der Waals surface area (Å²) in [7, 11) is 0. The number of hydrogen-bond acceptors (Lipinski definition) is 8. The van der Waals surface area contributed by atoms with E-state index >= 15 is 0 Å². The lowest BCUT2D eigenvalue weighted by molar-refractivity contribution is 0.0885. The van der Waals surface area contributed by atoms with Crippen LogP contribution in [0.2, 0.25) is 0 Å². The second-order valence-electron chi connectivity index (χ2n) is 9.95. The van der Waals surface area contributed by atoms with Gasteiger partial charge in [-0.25, -0.2) is 4.39 Å². The molecule has 2 fully saturated rings. The summed E-state index contributed by atoms with van der Waals surface area (Å²) in [6.07, 6.45) is 3.37. The average Bonchev–Trinajstić information content (AvgIpc) is 3.47. The van der Waals surface area contributed by atoms with Gasteiger partial charge in [-0.15, -0.1) is 0 Å². The molecule has 192 valence electrons. The van der Waals surface area contributed by atoms with Crippen LogP contribution < -0.4 is 15.0 Å². The predicted molar refractivity (Wildman–Crippen MR) is 127 cm³/mol. The molecule has 2 saturated heterocycles. The first-order valence-electron chi connectivity index (χ1n) is 12.3. The smallest absolute Gasteiger partial charge is 0.266 e. The highest BCUT2D eigenvalue weighted by atomic mass is 19.1. The highest BCUT2D eigenvalue weighted by molar-refractivity contribution is 5.96. The zero-order chi connectivity index (χ0) is 25.0. The monoisotopic (exact) mass is 490 g/mol. The van der Waals surface area contributed by atoms with Crippen molar-refractivity contribution in [1.82, 2.24) is 15.5 Å². The Morgan fingerprint density at radius 2 is 2.09 bits per heavy atom. The highest BCUT2D eigenvalue weighted by Gasteiger charge is 2.30. The molecule has 9 nitrogen and oxygen atoms in total. The minimum atomic E-state index is -1.64. The van der Waals surface area contributed by atoms with Crippen molar-refractivity contribution in [3.05, 3.63) is 35.2 Å². The van der Waals surface area contributed by atoms with Crippen molar-refractivity contribution < 1.29 is 28.3 Å². The summed E-state index contributed by atoms with van der Waals surface area (Å²) in [4.78, 5) is 18.8. The number of aliphatic hydroxyl groups excluding tert-OH is 1. The van der Waals surface area contributed by atoms with E-state index in [0.717, 1.165) is 50.1 Å². The zero-order valence-corrected chi connectivity index (χ0v) is 20.6. The third-order valence-electron chi connectivity index (χ3n) is 6.66. The number of carbonyl (C=O) groups is 1. The van der Waals surface area contributed by atoms with E-state index < -0.39 is 11.8 Å². The minimum absolute atomic E-state index is 0.0119. The molecule has 2 atom stereocenters. The van der Waals surface area contributed by atoms with Gasteiger partial charge in [-0.05, 0) is 81.3 Å². The number of nitrogens with zero attached hydrogens (tertiary/aromatic N) is 3. The number of rotatable bonds is 9. The van der Waals surface area contributed by atoms with Crippen molar-refractivity contribution in [1.29, 1.82) is 0 Å². The van der Waals surface area contributed by atoms with Crippen molar-refractivity contribution in [3.8, 4) is 5.75 Å². The third kappa shape index (κ3) is 6.49. The second kappa shape index (κ2) is 10.9. The number of benzene rings is 1. The first-order valence-corrected chi connectivity index (χ1v) is 12.3. The van der Waals surface area contributed by atoms with E-state index in [-0.39, 0.29) is 24.4 Å². The van der Waals surface area contributed by atoms with E-state index in [1.807, 2.05) is 17.9 Å². The number of carbonyl (C=O) groups excluding carboxylic acids is 1. The van der Waals surface area contributed by atoms with Crippen LogP contribution in [-0.2, 0) is 10.4 Å². The van der Waals surface area contributed by atoms with Crippen LogP contribution >= 0.6 is 0 Å². The first kappa shape index (κ1) is 25.4. The number of alkyl halides is 1. The quantitative estimate of drug-likeness (QED) is 0.516. The van der Waals surface area contributed by atoms with Crippen molar-refractivity contribution >= 4 is 11.9 Å². The summed E-state index contributed by atoms with van der Waals surface area (Å²) < 4.78 is 30.1. The van der Waals surface area contributed by atoms with Crippen LogP contribution in [0, 0.1) is 12.8 Å². The lowest BCUT2D eigenvalue weighted by Gasteiger charge is -2.30. The van der Waals surface area contributed by atoms with Gasteiger partial charge in [0, 0.05) is 18.7 Å². The first-order chi connectivity index (χ1) is 16.7. The summed E-state index contributed by atoms with van der Waals surface area (Å²) in [6, 6.07) is 5.05. The molecule has 0 spiro atoms. The van der Waals surface area contributed by atoms with Crippen LogP contribution in [0.1, 0.15) is 61.3 Å². The highest BCUT2D eigenvalue weighted by Crippen LogP contribution is 2.28. The molecule has 2 aliphatic heterocycles. The molecule has 0 saturated carbocycles. The van der Waals surface area contributed by atoms with E-state index in [1.165, 1.54) is 13.8 Å². The molecule has 2 aromatic rings. The Morgan fingerprint density at radius 1 is 1.31 bits per heavy atom. The molecule has 1 aromatic heterocycles. The van der Waals surface area contributed by atoms with Gasteiger partial charge in [0.2, 0.25) is 0 Å². The average molecular weight is 491 g/mol. The molecule has 0 aliphatic carbocycles. The molecule has 3 heterocycles. The lowest BCUT2D eigenvalue weighted by Crippen LogP contribution is -2.42. The number of aromatic nitrogens is 2. The summed E-state index contributed by atoms with van der Waals surface area (Å²) >= 11 is 0. The fourth-order valence-electron chi connectivity index (χ4n) is 4.48. The number of halogens is 1. The number of aliphatic hydroxyl groups is 1. The lowest BCUT2D eigenvalue weighted by atomic mass is 9.92. The van der Waals surface area contributed by atoms with Gasteiger partial charge in [0.1, 0.15) is 5.75 Å². The largest absolute Gasteiger partial charge is 0.494 e.